The minimum absolute atomic E-state index is 0.155. The number of hydrogen-bond acceptors (Lipinski definition) is 6. The highest BCUT2D eigenvalue weighted by atomic mass is 16.5. The van der Waals surface area contributed by atoms with Crippen LogP contribution in [0, 0.1) is 12.8 Å². The highest BCUT2D eigenvalue weighted by Crippen LogP contribution is 2.36. The first-order chi connectivity index (χ1) is 11.7. The molecule has 2 heterocycles. The fourth-order valence-electron chi connectivity index (χ4n) is 3.40. The molecular formula is C18H24N4O2. The quantitative estimate of drug-likeness (QED) is 0.877. The average molecular weight is 328 g/mol. The van der Waals surface area contributed by atoms with E-state index >= 15 is 0 Å². The van der Waals surface area contributed by atoms with Crippen molar-refractivity contribution in [2.45, 2.75) is 64.0 Å². The van der Waals surface area contributed by atoms with Crippen LogP contribution < -0.4 is 5.32 Å². The average Bonchev–Trinajstić information content (AvgIpc) is 3.33. The van der Waals surface area contributed by atoms with Crippen LogP contribution in [0.3, 0.4) is 0 Å². The lowest BCUT2D eigenvalue weighted by Crippen LogP contribution is -2.28. The lowest BCUT2D eigenvalue weighted by Gasteiger charge is -2.26. The predicted molar refractivity (Wildman–Crippen MR) is 90.6 cm³/mol. The summed E-state index contributed by atoms with van der Waals surface area (Å²) in [6, 6.07) is 2.21. The van der Waals surface area contributed by atoms with Crippen molar-refractivity contribution in [3.05, 3.63) is 23.5 Å². The van der Waals surface area contributed by atoms with E-state index in [1.165, 1.54) is 18.4 Å². The highest BCUT2D eigenvalue weighted by molar-refractivity contribution is 5.59. The van der Waals surface area contributed by atoms with Gasteiger partial charge < -0.3 is 14.9 Å². The molecule has 4 rings (SSSR count). The summed E-state index contributed by atoms with van der Waals surface area (Å²) < 4.78 is 5.57. The molecule has 2 aromatic rings. The first-order valence-electron chi connectivity index (χ1n) is 8.92. The number of hydrogen-bond donors (Lipinski definition) is 2. The molecule has 0 aromatic carbocycles. The minimum Gasteiger partial charge on any atom is -0.393 e. The van der Waals surface area contributed by atoms with Crippen LogP contribution in [0.2, 0.25) is 0 Å². The number of aryl methyl sites for hydroxylation is 1. The standard InChI is InChI=1S/C18H24N4O2/c1-11-15(10-12-2-3-12)17(24-22-11)16-8-9-19-18(21-16)20-13-4-6-14(23)7-5-13/h8-9,12-14,23H,2-7,10H2,1H3,(H,19,20,21)/t13-,14-. The van der Waals surface area contributed by atoms with Crippen LogP contribution in [-0.4, -0.2) is 32.4 Å². The van der Waals surface area contributed by atoms with Gasteiger partial charge in [-0.1, -0.05) is 5.16 Å². The Morgan fingerprint density at radius 3 is 2.75 bits per heavy atom. The fraction of sp³-hybridized carbons (Fsp3) is 0.611. The number of nitrogens with zero attached hydrogens (tertiary/aromatic N) is 3. The van der Waals surface area contributed by atoms with Gasteiger partial charge in [0.25, 0.3) is 0 Å². The van der Waals surface area contributed by atoms with Gasteiger partial charge in [-0.25, -0.2) is 9.97 Å². The minimum atomic E-state index is -0.155. The third-order valence-corrected chi connectivity index (χ3v) is 5.09. The molecule has 0 atom stereocenters. The Morgan fingerprint density at radius 2 is 2.00 bits per heavy atom. The normalized spacial score (nSPS) is 24.1. The summed E-state index contributed by atoms with van der Waals surface area (Å²) >= 11 is 0. The van der Waals surface area contributed by atoms with Gasteiger partial charge in [-0.15, -0.1) is 0 Å². The molecule has 6 heteroatoms. The lowest BCUT2D eigenvalue weighted by atomic mass is 9.93. The Labute approximate surface area is 141 Å². The molecule has 2 fully saturated rings. The van der Waals surface area contributed by atoms with Crippen molar-refractivity contribution in [1.82, 2.24) is 15.1 Å². The zero-order valence-corrected chi connectivity index (χ0v) is 14.0. The zero-order valence-electron chi connectivity index (χ0n) is 14.0. The molecule has 0 bridgehead atoms. The Bertz CT molecular complexity index is 703. The summed E-state index contributed by atoms with van der Waals surface area (Å²) in [7, 11) is 0. The SMILES string of the molecule is Cc1noc(-c2ccnc(N[C@H]3CC[C@H](O)CC3)n2)c1CC1CC1. The second kappa shape index (κ2) is 6.51. The molecule has 0 spiro atoms. The second-order valence-electron chi connectivity index (χ2n) is 7.14. The summed E-state index contributed by atoms with van der Waals surface area (Å²) in [5, 5.41) is 17.2. The van der Waals surface area contributed by atoms with Gasteiger partial charge in [-0.05, 0) is 63.9 Å². The van der Waals surface area contributed by atoms with E-state index in [1.54, 1.807) is 6.20 Å². The van der Waals surface area contributed by atoms with Crippen molar-refractivity contribution < 1.29 is 9.63 Å². The zero-order chi connectivity index (χ0) is 16.5. The van der Waals surface area contributed by atoms with Crippen LogP contribution in [0.25, 0.3) is 11.5 Å². The first-order valence-corrected chi connectivity index (χ1v) is 8.92. The summed E-state index contributed by atoms with van der Waals surface area (Å²) in [6.07, 6.45) is 8.81. The van der Waals surface area contributed by atoms with Crippen molar-refractivity contribution in [3.63, 3.8) is 0 Å². The van der Waals surface area contributed by atoms with Gasteiger partial charge in [-0.2, -0.15) is 0 Å². The molecule has 24 heavy (non-hydrogen) atoms. The fourth-order valence-corrected chi connectivity index (χ4v) is 3.40. The Kier molecular flexibility index (Phi) is 4.22. The molecule has 0 aliphatic heterocycles. The van der Waals surface area contributed by atoms with Crippen molar-refractivity contribution in [3.8, 4) is 11.5 Å². The van der Waals surface area contributed by atoms with E-state index in [4.69, 9.17) is 4.52 Å². The molecular weight excluding hydrogens is 304 g/mol. The van der Waals surface area contributed by atoms with Crippen molar-refractivity contribution in [2.24, 2.45) is 5.92 Å². The number of aliphatic hydroxyl groups is 1. The number of aliphatic hydroxyl groups excluding tert-OH is 1. The van der Waals surface area contributed by atoms with Gasteiger partial charge in [0.15, 0.2) is 5.76 Å². The largest absolute Gasteiger partial charge is 0.393 e. The van der Waals surface area contributed by atoms with Gasteiger partial charge >= 0.3 is 0 Å². The van der Waals surface area contributed by atoms with Gasteiger partial charge in [0.1, 0.15) is 5.69 Å². The van der Waals surface area contributed by atoms with Crippen LogP contribution in [0.5, 0.6) is 0 Å². The molecule has 128 valence electrons. The topological polar surface area (TPSA) is 84.1 Å². The number of rotatable bonds is 5. The number of nitrogens with one attached hydrogen (secondary N) is 1. The molecule has 0 saturated heterocycles. The second-order valence-corrected chi connectivity index (χ2v) is 7.14. The van der Waals surface area contributed by atoms with Gasteiger partial charge in [0.2, 0.25) is 5.95 Å². The molecule has 2 aromatic heterocycles. The van der Waals surface area contributed by atoms with E-state index in [2.05, 4.69) is 20.4 Å². The monoisotopic (exact) mass is 328 g/mol. The van der Waals surface area contributed by atoms with Gasteiger partial charge in [0, 0.05) is 17.8 Å². The maximum absolute atomic E-state index is 9.62. The Balaban J connectivity index is 1.52. The van der Waals surface area contributed by atoms with Crippen molar-refractivity contribution in [2.75, 3.05) is 5.32 Å². The molecule has 0 unspecified atom stereocenters. The molecule has 2 saturated carbocycles. The highest BCUT2D eigenvalue weighted by Gasteiger charge is 2.27. The molecule has 2 N–H and O–H groups in total. The predicted octanol–water partition coefficient (Wildman–Crippen LogP) is 3.11. The summed E-state index contributed by atoms with van der Waals surface area (Å²) in [5.74, 6) is 2.18. The molecule has 2 aliphatic carbocycles. The van der Waals surface area contributed by atoms with Crippen LogP contribution in [-0.2, 0) is 6.42 Å². The van der Waals surface area contributed by atoms with Gasteiger partial charge in [-0.3, -0.25) is 0 Å². The van der Waals surface area contributed by atoms with Crippen molar-refractivity contribution >= 4 is 5.95 Å². The summed E-state index contributed by atoms with van der Waals surface area (Å²) in [4.78, 5) is 8.98. The van der Waals surface area contributed by atoms with Crippen LogP contribution in [0.1, 0.15) is 49.8 Å². The van der Waals surface area contributed by atoms with E-state index in [0.717, 1.165) is 55.2 Å². The number of aromatic nitrogens is 3. The molecule has 6 nitrogen and oxygen atoms in total. The van der Waals surface area contributed by atoms with E-state index in [9.17, 15) is 5.11 Å². The van der Waals surface area contributed by atoms with Crippen molar-refractivity contribution in [1.29, 1.82) is 0 Å². The molecule has 2 aliphatic rings. The van der Waals surface area contributed by atoms with Gasteiger partial charge in [0.05, 0.1) is 11.8 Å². The maximum Gasteiger partial charge on any atom is 0.223 e. The summed E-state index contributed by atoms with van der Waals surface area (Å²) in [5.41, 5.74) is 2.94. The van der Waals surface area contributed by atoms with Crippen LogP contribution >= 0.6 is 0 Å². The third kappa shape index (κ3) is 3.43. The maximum atomic E-state index is 9.62. The lowest BCUT2D eigenvalue weighted by molar-refractivity contribution is 0.126. The summed E-state index contributed by atoms with van der Waals surface area (Å²) in [6.45, 7) is 2.00. The molecule has 0 radical (unpaired) electrons. The smallest absolute Gasteiger partial charge is 0.223 e. The van der Waals surface area contributed by atoms with Crippen LogP contribution in [0.4, 0.5) is 5.95 Å². The Hall–Kier alpha value is -1.95. The van der Waals surface area contributed by atoms with Crippen LogP contribution in [0.15, 0.2) is 16.8 Å². The molecule has 0 amide bonds. The van der Waals surface area contributed by atoms with E-state index < -0.39 is 0 Å². The van der Waals surface area contributed by atoms with E-state index in [-0.39, 0.29) is 6.10 Å². The number of anilines is 1. The Morgan fingerprint density at radius 1 is 1.21 bits per heavy atom. The van der Waals surface area contributed by atoms with E-state index in [1.807, 2.05) is 13.0 Å². The first kappa shape index (κ1) is 15.6. The third-order valence-electron chi connectivity index (χ3n) is 5.09. The van der Waals surface area contributed by atoms with E-state index in [0.29, 0.717) is 12.0 Å².